The van der Waals surface area contributed by atoms with E-state index >= 15 is 0 Å². The van der Waals surface area contributed by atoms with E-state index in [1.54, 1.807) is 0 Å². The number of hydrogen-bond donors (Lipinski definition) is 0. The normalized spacial score (nSPS) is 20.0. The first-order valence-electron chi connectivity index (χ1n) is 12.6. The van der Waals surface area contributed by atoms with E-state index in [1.165, 1.54) is 16.7 Å². The summed E-state index contributed by atoms with van der Waals surface area (Å²) in [5, 5.41) is 13.2. The minimum Gasteiger partial charge on any atom is -0.297 e. The molecule has 0 saturated carbocycles. The summed E-state index contributed by atoms with van der Waals surface area (Å²) in [7, 11) is 0. The van der Waals surface area contributed by atoms with Gasteiger partial charge in [-0.25, -0.2) is 0 Å². The van der Waals surface area contributed by atoms with E-state index in [2.05, 4.69) is 124 Å². The summed E-state index contributed by atoms with van der Waals surface area (Å²) in [6, 6.07) is 17.0. The first kappa shape index (κ1) is 23.4. The number of tetrazole rings is 1. The summed E-state index contributed by atoms with van der Waals surface area (Å²) in [6.07, 6.45) is 14.4. The SMILES string of the molecule is Cc1cccc(C)c1-n1nnnc1[C@H](C1C=CC=CC1)N1CCN(C/C=C/c2ccccc2)CC1. The molecule has 2 heterocycles. The van der Waals surface area contributed by atoms with Gasteiger partial charge in [-0.1, -0.05) is 85.0 Å². The first-order chi connectivity index (χ1) is 17.2. The molecule has 1 aliphatic heterocycles. The molecule has 0 spiro atoms. The van der Waals surface area contributed by atoms with Crippen molar-refractivity contribution in [3.05, 3.63) is 101 Å². The quantitative estimate of drug-likeness (QED) is 0.501. The second-order valence-corrected chi connectivity index (χ2v) is 9.50. The molecule has 2 atom stereocenters. The molecule has 5 rings (SSSR count). The Bertz CT molecular complexity index is 1180. The number of para-hydroxylation sites is 1. The predicted molar refractivity (Wildman–Crippen MR) is 141 cm³/mol. The Labute approximate surface area is 208 Å². The van der Waals surface area contributed by atoms with E-state index in [-0.39, 0.29) is 6.04 Å². The number of aryl methyl sites for hydroxylation is 2. The number of piperazine rings is 1. The van der Waals surface area contributed by atoms with Crippen molar-refractivity contribution in [1.82, 2.24) is 30.0 Å². The van der Waals surface area contributed by atoms with Crippen LogP contribution in [0, 0.1) is 19.8 Å². The lowest BCUT2D eigenvalue weighted by atomic mass is 9.90. The second kappa shape index (κ2) is 10.9. The van der Waals surface area contributed by atoms with E-state index in [9.17, 15) is 0 Å². The van der Waals surface area contributed by atoms with Crippen molar-refractivity contribution in [3.8, 4) is 5.69 Å². The van der Waals surface area contributed by atoms with Crippen molar-refractivity contribution < 1.29 is 0 Å². The van der Waals surface area contributed by atoms with Crippen molar-refractivity contribution in [3.63, 3.8) is 0 Å². The third-order valence-corrected chi connectivity index (χ3v) is 7.10. The standard InChI is InChI=1S/C29H34N6/c1-23-11-9-12-24(2)27(23)35-29(30-31-32-35)28(26-16-7-4-8-17-26)34-21-19-33(20-22-34)18-10-15-25-13-5-3-6-14-25/h3-16,26,28H,17-22H2,1-2H3/b15-10+/t26?,28-/m0/s1. The van der Waals surface area contributed by atoms with Crippen LogP contribution in [0.5, 0.6) is 0 Å². The number of benzene rings is 2. The molecule has 6 heteroatoms. The fraction of sp³-hybridized carbons (Fsp3) is 0.345. The Balaban J connectivity index is 1.35. The molecular weight excluding hydrogens is 432 g/mol. The van der Waals surface area contributed by atoms with Gasteiger partial charge in [0.1, 0.15) is 0 Å². The molecule has 1 aromatic heterocycles. The van der Waals surface area contributed by atoms with Gasteiger partial charge in [-0.2, -0.15) is 4.68 Å². The van der Waals surface area contributed by atoms with Gasteiger partial charge in [0.25, 0.3) is 0 Å². The molecule has 2 aliphatic rings. The van der Waals surface area contributed by atoms with E-state index in [4.69, 9.17) is 0 Å². The predicted octanol–water partition coefficient (Wildman–Crippen LogP) is 4.78. The maximum atomic E-state index is 4.61. The van der Waals surface area contributed by atoms with Gasteiger partial charge in [-0.3, -0.25) is 9.80 Å². The van der Waals surface area contributed by atoms with Gasteiger partial charge >= 0.3 is 0 Å². The van der Waals surface area contributed by atoms with Crippen molar-refractivity contribution in [1.29, 1.82) is 0 Å². The van der Waals surface area contributed by atoms with Gasteiger partial charge in [0.15, 0.2) is 5.82 Å². The molecule has 3 aromatic rings. The molecule has 1 saturated heterocycles. The lowest BCUT2D eigenvalue weighted by Gasteiger charge is -2.41. The topological polar surface area (TPSA) is 50.1 Å². The lowest BCUT2D eigenvalue weighted by Crippen LogP contribution is -2.49. The molecule has 0 radical (unpaired) electrons. The zero-order chi connectivity index (χ0) is 24.0. The van der Waals surface area contributed by atoms with Crippen LogP contribution in [0.25, 0.3) is 11.8 Å². The molecule has 6 nitrogen and oxygen atoms in total. The molecule has 0 bridgehead atoms. The molecular formula is C29H34N6. The van der Waals surface area contributed by atoms with E-state index in [0.29, 0.717) is 5.92 Å². The van der Waals surface area contributed by atoms with E-state index in [1.807, 2.05) is 4.68 Å². The number of allylic oxidation sites excluding steroid dienone is 3. The second-order valence-electron chi connectivity index (χ2n) is 9.50. The Hall–Kier alpha value is -3.35. The Morgan fingerprint density at radius 3 is 2.43 bits per heavy atom. The van der Waals surface area contributed by atoms with Crippen LogP contribution in [0.2, 0.25) is 0 Å². The Morgan fingerprint density at radius 1 is 0.943 bits per heavy atom. The molecule has 0 amide bonds. The van der Waals surface area contributed by atoms with Crippen molar-refractivity contribution in [2.75, 3.05) is 32.7 Å². The van der Waals surface area contributed by atoms with Gasteiger partial charge in [-0.05, 0) is 47.4 Å². The van der Waals surface area contributed by atoms with Crippen LogP contribution in [-0.2, 0) is 0 Å². The van der Waals surface area contributed by atoms with Crippen LogP contribution in [-0.4, -0.2) is 62.7 Å². The highest BCUT2D eigenvalue weighted by Crippen LogP contribution is 2.35. The summed E-state index contributed by atoms with van der Waals surface area (Å²) in [5.74, 6) is 1.28. The highest BCUT2D eigenvalue weighted by molar-refractivity contribution is 5.49. The summed E-state index contributed by atoms with van der Waals surface area (Å²) < 4.78 is 1.98. The van der Waals surface area contributed by atoms with Crippen molar-refractivity contribution >= 4 is 6.08 Å². The molecule has 2 aromatic carbocycles. The maximum absolute atomic E-state index is 4.61. The highest BCUT2D eigenvalue weighted by Gasteiger charge is 2.34. The van der Waals surface area contributed by atoms with Gasteiger partial charge in [0, 0.05) is 38.6 Å². The van der Waals surface area contributed by atoms with Gasteiger partial charge in [-0.15, -0.1) is 5.10 Å². The molecule has 0 N–H and O–H groups in total. The Morgan fingerprint density at radius 2 is 1.71 bits per heavy atom. The van der Waals surface area contributed by atoms with Crippen molar-refractivity contribution in [2.24, 2.45) is 5.92 Å². The summed E-state index contributed by atoms with van der Waals surface area (Å²) in [5.41, 5.74) is 4.72. The highest BCUT2D eigenvalue weighted by atomic mass is 15.6. The summed E-state index contributed by atoms with van der Waals surface area (Å²) >= 11 is 0. The first-order valence-corrected chi connectivity index (χ1v) is 12.6. The minimum absolute atomic E-state index is 0.132. The number of rotatable bonds is 7. The zero-order valence-electron chi connectivity index (χ0n) is 20.7. The molecule has 1 unspecified atom stereocenters. The van der Waals surface area contributed by atoms with Crippen LogP contribution in [0.1, 0.15) is 35.0 Å². The lowest BCUT2D eigenvalue weighted by molar-refractivity contribution is 0.0786. The minimum atomic E-state index is 0.132. The maximum Gasteiger partial charge on any atom is 0.174 e. The van der Waals surface area contributed by atoms with Crippen LogP contribution in [0.3, 0.4) is 0 Å². The van der Waals surface area contributed by atoms with Gasteiger partial charge < -0.3 is 0 Å². The van der Waals surface area contributed by atoms with Crippen LogP contribution >= 0.6 is 0 Å². The number of hydrogen-bond acceptors (Lipinski definition) is 5. The molecule has 1 aliphatic carbocycles. The van der Waals surface area contributed by atoms with Crippen LogP contribution in [0.15, 0.2) is 78.9 Å². The monoisotopic (exact) mass is 466 g/mol. The van der Waals surface area contributed by atoms with Gasteiger partial charge in [0.2, 0.25) is 0 Å². The van der Waals surface area contributed by atoms with Crippen molar-refractivity contribution in [2.45, 2.75) is 26.3 Å². The van der Waals surface area contributed by atoms with E-state index in [0.717, 1.165) is 50.7 Å². The third kappa shape index (κ3) is 5.34. The van der Waals surface area contributed by atoms with E-state index < -0.39 is 0 Å². The zero-order valence-corrected chi connectivity index (χ0v) is 20.7. The third-order valence-electron chi connectivity index (χ3n) is 7.10. The number of aromatic nitrogens is 4. The van der Waals surface area contributed by atoms with Crippen LogP contribution < -0.4 is 0 Å². The average Bonchev–Trinajstić information content (AvgIpc) is 3.35. The fourth-order valence-electron chi connectivity index (χ4n) is 5.26. The van der Waals surface area contributed by atoms with Gasteiger partial charge in [0.05, 0.1) is 11.7 Å². The molecule has 180 valence electrons. The fourth-order valence-corrected chi connectivity index (χ4v) is 5.26. The number of nitrogens with zero attached hydrogens (tertiary/aromatic N) is 6. The molecule has 1 fully saturated rings. The smallest absolute Gasteiger partial charge is 0.174 e. The Kier molecular flexibility index (Phi) is 7.31. The van der Waals surface area contributed by atoms with Crippen LogP contribution in [0.4, 0.5) is 0 Å². The summed E-state index contributed by atoms with van der Waals surface area (Å²) in [4.78, 5) is 5.11. The summed E-state index contributed by atoms with van der Waals surface area (Å²) in [6.45, 7) is 9.30. The average molecular weight is 467 g/mol. The molecule has 35 heavy (non-hydrogen) atoms. The largest absolute Gasteiger partial charge is 0.297 e.